The first-order chi connectivity index (χ1) is 10.9. The number of nitrogens with zero attached hydrogens (tertiary/aromatic N) is 2. The number of anilines is 3. The number of ether oxygens (including phenoxy) is 1. The zero-order valence-corrected chi connectivity index (χ0v) is 13.9. The standard InChI is InChI=1S/C17H22N4O2/c1-5-23-13-8-6-12(7-9-13)18-14-10-11-15(21-20-14)19-16(22)17(2,3)4/h6-11H,5H2,1-4H3,(H,18,20)(H,19,21,22). The molecule has 1 aromatic carbocycles. The highest BCUT2D eigenvalue weighted by Gasteiger charge is 2.21. The normalized spacial score (nSPS) is 11.0. The first-order valence-electron chi connectivity index (χ1n) is 7.53. The molecular formula is C17H22N4O2. The minimum Gasteiger partial charge on any atom is -0.494 e. The third kappa shape index (κ3) is 4.95. The third-order valence-electron chi connectivity index (χ3n) is 3.03. The van der Waals surface area contributed by atoms with E-state index in [9.17, 15) is 4.79 Å². The lowest BCUT2D eigenvalue weighted by Crippen LogP contribution is -2.28. The number of benzene rings is 1. The summed E-state index contributed by atoms with van der Waals surface area (Å²) in [6.45, 7) is 8.12. The third-order valence-corrected chi connectivity index (χ3v) is 3.03. The zero-order valence-electron chi connectivity index (χ0n) is 13.9. The van der Waals surface area contributed by atoms with Crippen LogP contribution in [0.15, 0.2) is 36.4 Å². The van der Waals surface area contributed by atoms with E-state index < -0.39 is 5.41 Å². The number of nitrogens with one attached hydrogen (secondary N) is 2. The molecule has 2 N–H and O–H groups in total. The van der Waals surface area contributed by atoms with Crippen molar-refractivity contribution in [2.75, 3.05) is 17.2 Å². The van der Waals surface area contributed by atoms with E-state index in [1.807, 2.05) is 52.0 Å². The van der Waals surface area contributed by atoms with Gasteiger partial charge in [-0.3, -0.25) is 4.79 Å². The van der Waals surface area contributed by atoms with Crippen molar-refractivity contribution in [3.8, 4) is 5.75 Å². The summed E-state index contributed by atoms with van der Waals surface area (Å²) in [7, 11) is 0. The molecule has 6 heteroatoms. The van der Waals surface area contributed by atoms with Crippen molar-refractivity contribution >= 4 is 23.2 Å². The average molecular weight is 314 g/mol. The number of amides is 1. The van der Waals surface area contributed by atoms with E-state index >= 15 is 0 Å². The Balaban J connectivity index is 1.98. The van der Waals surface area contributed by atoms with E-state index in [4.69, 9.17) is 4.74 Å². The van der Waals surface area contributed by atoms with Crippen LogP contribution < -0.4 is 15.4 Å². The molecule has 6 nitrogen and oxygen atoms in total. The summed E-state index contributed by atoms with van der Waals surface area (Å²) >= 11 is 0. The highest BCUT2D eigenvalue weighted by molar-refractivity contribution is 5.93. The summed E-state index contributed by atoms with van der Waals surface area (Å²) in [5.74, 6) is 1.76. The second kappa shape index (κ2) is 7.09. The predicted octanol–water partition coefficient (Wildman–Crippen LogP) is 3.60. The largest absolute Gasteiger partial charge is 0.494 e. The zero-order chi connectivity index (χ0) is 16.9. The van der Waals surface area contributed by atoms with Gasteiger partial charge >= 0.3 is 0 Å². The molecule has 2 aromatic rings. The number of carbonyl (C=O) groups is 1. The predicted molar refractivity (Wildman–Crippen MR) is 91.0 cm³/mol. The quantitative estimate of drug-likeness (QED) is 0.882. The SMILES string of the molecule is CCOc1ccc(Nc2ccc(NC(=O)C(C)(C)C)nn2)cc1. The molecule has 0 aliphatic heterocycles. The molecule has 0 bridgehead atoms. The van der Waals surface area contributed by atoms with Crippen molar-refractivity contribution in [3.05, 3.63) is 36.4 Å². The van der Waals surface area contributed by atoms with Gasteiger partial charge in [-0.2, -0.15) is 0 Å². The van der Waals surface area contributed by atoms with Crippen LogP contribution in [0.1, 0.15) is 27.7 Å². The molecule has 1 aromatic heterocycles. The summed E-state index contributed by atoms with van der Waals surface area (Å²) in [6, 6.07) is 11.1. The molecule has 0 aliphatic carbocycles. The van der Waals surface area contributed by atoms with Crippen molar-refractivity contribution in [1.82, 2.24) is 10.2 Å². The molecule has 0 atom stereocenters. The number of rotatable bonds is 5. The van der Waals surface area contributed by atoms with Crippen LogP contribution in [0.25, 0.3) is 0 Å². The van der Waals surface area contributed by atoms with E-state index in [0.29, 0.717) is 18.2 Å². The fourth-order valence-corrected chi connectivity index (χ4v) is 1.72. The molecule has 0 saturated heterocycles. The Hall–Kier alpha value is -2.63. The summed E-state index contributed by atoms with van der Waals surface area (Å²) < 4.78 is 5.40. The number of hydrogen-bond acceptors (Lipinski definition) is 5. The Morgan fingerprint density at radius 2 is 1.65 bits per heavy atom. The van der Waals surface area contributed by atoms with E-state index in [2.05, 4.69) is 20.8 Å². The van der Waals surface area contributed by atoms with Crippen LogP contribution in [0.2, 0.25) is 0 Å². The van der Waals surface area contributed by atoms with Gasteiger partial charge in [0.2, 0.25) is 5.91 Å². The van der Waals surface area contributed by atoms with Gasteiger partial charge < -0.3 is 15.4 Å². The van der Waals surface area contributed by atoms with Gasteiger partial charge in [0.1, 0.15) is 5.75 Å². The molecule has 0 spiro atoms. The number of carbonyl (C=O) groups excluding carboxylic acids is 1. The van der Waals surface area contributed by atoms with Crippen LogP contribution in [0.5, 0.6) is 5.75 Å². The van der Waals surface area contributed by atoms with Crippen molar-refractivity contribution in [1.29, 1.82) is 0 Å². The Bertz CT molecular complexity index is 646. The van der Waals surface area contributed by atoms with Crippen LogP contribution in [-0.4, -0.2) is 22.7 Å². The lowest BCUT2D eigenvalue weighted by molar-refractivity contribution is -0.123. The van der Waals surface area contributed by atoms with Gasteiger partial charge in [-0.1, -0.05) is 20.8 Å². The monoisotopic (exact) mass is 314 g/mol. The van der Waals surface area contributed by atoms with Crippen LogP contribution in [0.3, 0.4) is 0 Å². The molecule has 0 aliphatic rings. The molecule has 2 rings (SSSR count). The fourth-order valence-electron chi connectivity index (χ4n) is 1.72. The molecule has 0 saturated carbocycles. The van der Waals surface area contributed by atoms with Gasteiger partial charge in [0.25, 0.3) is 0 Å². The second-order valence-electron chi connectivity index (χ2n) is 6.09. The van der Waals surface area contributed by atoms with Crippen LogP contribution in [-0.2, 0) is 4.79 Å². The van der Waals surface area contributed by atoms with Crippen molar-refractivity contribution in [2.24, 2.45) is 5.41 Å². The summed E-state index contributed by atoms with van der Waals surface area (Å²) in [5.41, 5.74) is 0.412. The smallest absolute Gasteiger partial charge is 0.230 e. The summed E-state index contributed by atoms with van der Waals surface area (Å²) in [4.78, 5) is 11.9. The van der Waals surface area contributed by atoms with Crippen molar-refractivity contribution in [2.45, 2.75) is 27.7 Å². The van der Waals surface area contributed by atoms with E-state index in [-0.39, 0.29) is 5.91 Å². The van der Waals surface area contributed by atoms with E-state index in [1.54, 1.807) is 12.1 Å². The molecule has 0 unspecified atom stereocenters. The minimum atomic E-state index is -0.471. The highest BCUT2D eigenvalue weighted by Crippen LogP contribution is 2.20. The van der Waals surface area contributed by atoms with E-state index in [0.717, 1.165) is 11.4 Å². The molecule has 122 valence electrons. The maximum absolute atomic E-state index is 11.9. The Kier molecular flexibility index (Phi) is 5.16. The Morgan fingerprint density at radius 3 is 2.17 bits per heavy atom. The first-order valence-corrected chi connectivity index (χ1v) is 7.53. The maximum atomic E-state index is 11.9. The van der Waals surface area contributed by atoms with Gasteiger partial charge in [0, 0.05) is 11.1 Å². The Morgan fingerprint density at radius 1 is 1.04 bits per heavy atom. The second-order valence-corrected chi connectivity index (χ2v) is 6.09. The summed E-state index contributed by atoms with van der Waals surface area (Å²) in [5, 5.41) is 13.9. The van der Waals surface area contributed by atoms with Crippen molar-refractivity contribution < 1.29 is 9.53 Å². The molecule has 1 heterocycles. The van der Waals surface area contributed by atoms with Gasteiger partial charge in [-0.15, -0.1) is 10.2 Å². The van der Waals surface area contributed by atoms with Crippen LogP contribution >= 0.6 is 0 Å². The topological polar surface area (TPSA) is 76.1 Å². The molecular weight excluding hydrogens is 292 g/mol. The lowest BCUT2D eigenvalue weighted by atomic mass is 9.96. The van der Waals surface area contributed by atoms with Crippen LogP contribution in [0.4, 0.5) is 17.3 Å². The molecule has 0 fully saturated rings. The maximum Gasteiger partial charge on any atom is 0.230 e. The molecule has 1 amide bonds. The van der Waals surface area contributed by atoms with E-state index in [1.165, 1.54) is 0 Å². The van der Waals surface area contributed by atoms with Gasteiger partial charge in [-0.05, 0) is 43.3 Å². The molecule has 0 radical (unpaired) electrons. The molecule has 23 heavy (non-hydrogen) atoms. The number of aromatic nitrogens is 2. The lowest BCUT2D eigenvalue weighted by Gasteiger charge is -2.16. The minimum absolute atomic E-state index is 0.0981. The summed E-state index contributed by atoms with van der Waals surface area (Å²) in [6.07, 6.45) is 0. The number of hydrogen-bond donors (Lipinski definition) is 2. The van der Waals surface area contributed by atoms with Crippen molar-refractivity contribution in [3.63, 3.8) is 0 Å². The average Bonchev–Trinajstić information content (AvgIpc) is 2.50. The van der Waals surface area contributed by atoms with Gasteiger partial charge in [-0.25, -0.2) is 0 Å². The fraction of sp³-hybridized carbons (Fsp3) is 0.353. The van der Waals surface area contributed by atoms with Crippen LogP contribution in [0, 0.1) is 5.41 Å². The highest BCUT2D eigenvalue weighted by atomic mass is 16.5. The van der Waals surface area contributed by atoms with Gasteiger partial charge in [0.15, 0.2) is 11.6 Å². The Labute approximate surface area is 136 Å². The van der Waals surface area contributed by atoms with Gasteiger partial charge in [0.05, 0.1) is 6.61 Å². The first kappa shape index (κ1) is 16.7.